The number of quaternary nitrogens is 1. The number of rotatable bonds is 5. The molecular formula is C17H22BrN4O2+. The molecule has 0 aliphatic rings. The number of aromatic nitrogens is 2. The number of hydrogen-bond donors (Lipinski definition) is 2. The number of nitrogens with two attached hydrogens (primary N) is 1. The summed E-state index contributed by atoms with van der Waals surface area (Å²) in [7, 11) is 0. The Morgan fingerprint density at radius 3 is 2.62 bits per heavy atom. The van der Waals surface area contributed by atoms with Crippen LogP contribution in [0.3, 0.4) is 0 Å². The van der Waals surface area contributed by atoms with Crippen LogP contribution < -0.4 is 10.6 Å². The molecule has 0 aliphatic heterocycles. The normalized spacial score (nSPS) is 11.2. The second-order valence-electron chi connectivity index (χ2n) is 6.25. The Labute approximate surface area is 150 Å². The molecule has 2 rings (SSSR count). The molecule has 0 atom stereocenters. The van der Waals surface area contributed by atoms with Crippen LogP contribution in [-0.4, -0.2) is 35.0 Å². The van der Waals surface area contributed by atoms with Gasteiger partial charge >= 0.3 is 6.09 Å². The zero-order valence-corrected chi connectivity index (χ0v) is 15.6. The maximum Gasteiger partial charge on any atom is 0.513 e. The van der Waals surface area contributed by atoms with E-state index in [2.05, 4.69) is 31.4 Å². The average Bonchev–Trinajstić information content (AvgIpc) is 2.51. The number of anilines is 1. The summed E-state index contributed by atoms with van der Waals surface area (Å²) in [6.45, 7) is 6.70. The van der Waals surface area contributed by atoms with Gasteiger partial charge in [-0.3, -0.25) is 0 Å². The van der Waals surface area contributed by atoms with Gasteiger partial charge in [0.1, 0.15) is 22.4 Å². The quantitative estimate of drug-likeness (QED) is 0.763. The number of nitrogens with one attached hydrogen (secondary N) is 1. The lowest BCUT2D eigenvalue weighted by molar-refractivity contribution is -0.569. The third kappa shape index (κ3) is 5.90. The Morgan fingerprint density at radius 2 is 1.96 bits per heavy atom. The van der Waals surface area contributed by atoms with Crippen molar-refractivity contribution in [1.29, 1.82) is 0 Å². The maximum atomic E-state index is 11.7. The van der Waals surface area contributed by atoms with Gasteiger partial charge in [-0.2, -0.15) is 4.79 Å². The summed E-state index contributed by atoms with van der Waals surface area (Å²) < 4.78 is 5.90. The lowest BCUT2D eigenvalue weighted by Gasteiger charge is -2.17. The van der Waals surface area contributed by atoms with Crippen LogP contribution in [0.25, 0.3) is 11.3 Å². The van der Waals surface area contributed by atoms with Gasteiger partial charge in [0.05, 0.1) is 12.2 Å². The Bertz CT molecular complexity index is 687. The van der Waals surface area contributed by atoms with Crippen molar-refractivity contribution >= 4 is 27.7 Å². The molecule has 1 aromatic heterocycles. The van der Waals surface area contributed by atoms with E-state index < -0.39 is 5.60 Å². The highest BCUT2D eigenvalue weighted by atomic mass is 79.9. The lowest BCUT2D eigenvalue weighted by atomic mass is 10.1. The third-order valence-corrected chi connectivity index (χ3v) is 3.38. The standard InChI is InChI=1S/C17H21BrN4O2/c1-17(2,3)24-16(23)20-10-9-19-13-11-14(18)21-22-15(13)12-7-5-4-6-8-12/h4-8,11H,9-10H2,1-3H3,(H,19,21)(H,20,23)/p+1. The number of ether oxygens (including phenoxy) is 1. The largest absolute Gasteiger partial charge is 0.513 e. The van der Waals surface area contributed by atoms with Crippen LogP contribution in [0.4, 0.5) is 10.5 Å². The van der Waals surface area contributed by atoms with Crippen molar-refractivity contribution in [3.05, 3.63) is 41.0 Å². The minimum absolute atomic E-state index is 0.304. The van der Waals surface area contributed by atoms with Gasteiger partial charge < -0.3 is 10.1 Å². The molecule has 0 spiro atoms. The van der Waals surface area contributed by atoms with Crippen molar-refractivity contribution in [2.24, 2.45) is 0 Å². The van der Waals surface area contributed by atoms with Gasteiger partial charge in [0.15, 0.2) is 0 Å². The minimum atomic E-state index is -0.471. The molecule has 24 heavy (non-hydrogen) atoms. The molecule has 0 bridgehead atoms. The number of nitrogens with zero attached hydrogens (tertiary/aromatic N) is 2. The van der Waals surface area contributed by atoms with E-state index in [9.17, 15) is 4.79 Å². The highest BCUT2D eigenvalue weighted by Gasteiger charge is 2.18. The molecule has 0 unspecified atom stereocenters. The first kappa shape index (κ1) is 18.4. The number of benzene rings is 1. The fourth-order valence-electron chi connectivity index (χ4n) is 2.05. The van der Waals surface area contributed by atoms with Crippen molar-refractivity contribution in [3.63, 3.8) is 0 Å². The Balaban J connectivity index is 1.95. The molecule has 6 nitrogen and oxygen atoms in total. The number of primary amides is 1. The van der Waals surface area contributed by atoms with E-state index in [0.29, 0.717) is 17.7 Å². The molecule has 2 aromatic rings. The summed E-state index contributed by atoms with van der Waals surface area (Å²) in [5.74, 6) is 0. The number of halogens is 1. The Hall–Kier alpha value is -1.99. The van der Waals surface area contributed by atoms with Crippen LogP contribution in [0.1, 0.15) is 20.8 Å². The van der Waals surface area contributed by atoms with Crippen molar-refractivity contribution in [3.8, 4) is 11.3 Å². The van der Waals surface area contributed by atoms with Gasteiger partial charge in [0.25, 0.3) is 0 Å². The second kappa shape index (κ2) is 8.21. The van der Waals surface area contributed by atoms with Crippen LogP contribution in [0, 0.1) is 0 Å². The number of carbonyl (C=O) groups is 1. The van der Waals surface area contributed by atoms with E-state index >= 15 is 0 Å². The molecule has 0 saturated heterocycles. The first-order chi connectivity index (χ1) is 11.3. The predicted octanol–water partition coefficient (Wildman–Crippen LogP) is 2.82. The SMILES string of the molecule is CC(C)(C)OC(=O)[NH2+]CCNc1cc(Br)nnc1-c1ccccc1. The summed E-state index contributed by atoms with van der Waals surface area (Å²) in [5, 5.41) is 13.2. The van der Waals surface area contributed by atoms with E-state index in [1.807, 2.05) is 57.2 Å². The zero-order valence-electron chi connectivity index (χ0n) is 14.0. The van der Waals surface area contributed by atoms with Gasteiger partial charge in [-0.25, -0.2) is 5.32 Å². The smallest absolute Gasteiger partial charge is 0.414 e. The third-order valence-electron chi connectivity index (χ3n) is 2.99. The summed E-state index contributed by atoms with van der Waals surface area (Å²) in [5.41, 5.74) is 2.15. The van der Waals surface area contributed by atoms with Crippen LogP contribution in [0.5, 0.6) is 0 Å². The number of carbonyl (C=O) groups excluding carboxylic acids is 1. The van der Waals surface area contributed by atoms with Crippen LogP contribution >= 0.6 is 15.9 Å². The molecular weight excluding hydrogens is 372 g/mol. The van der Waals surface area contributed by atoms with E-state index in [0.717, 1.165) is 16.9 Å². The molecule has 0 saturated carbocycles. The molecule has 1 heterocycles. The van der Waals surface area contributed by atoms with Gasteiger partial charge in [0, 0.05) is 5.56 Å². The molecule has 3 N–H and O–H groups in total. The van der Waals surface area contributed by atoms with Gasteiger partial charge in [0.2, 0.25) is 0 Å². The van der Waals surface area contributed by atoms with E-state index in [-0.39, 0.29) is 6.09 Å². The molecule has 1 amide bonds. The van der Waals surface area contributed by atoms with Crippen molar-refractivity contribution < 1.29 is 14.8 Å². The van der Waals surface area contributed by atoms with Crippen LogP contribution in [-0.2, 0) is 4.74 Å². The summed E-state index contributed by atoms with van der Waals surface area (Å²) in [4.78, 5) is 11.7. The van der Waals surface area contributed by atoms with Crippen LogP contribution in [0.15, 0.2) is 41.0 Å². The fraction of sp³-hybridized carbons (Fsp3) is 0.353. The molecule has 7 heteroatoms. The summed E-state index contributed by atoms with van der Waals surface area (Å²) >= 11 is 3.34. The highest BCUT2D eigenvalue weighted by molar-refractivity contribution is 9.10. The molecule has 1 aromatic carbocycles. The summed E-state index contributed by atoms with van der Waals surface area (Å²) in [6.07, 6.45) is -0.304. The van der Waals surface area contributed by atoms with Crippen LogP contribution in [0.2, 0.25) is 0 Å². The van der Waals surface area contributed by atoms with Crippen molar-refractivity contribution in [2.45, 2.75) is 26.4 Å². The number of hydrogen-bond acceptors (Lipinski definition) is 5. The topological polar surface area (TPSA) is 80.7 Å². The maximum absolute atomic E-state index is 11.7. The van der Waals surface area contributed by atoms with Gasteiger partial charge in [-0.15, -0.1) is 10.2 Å². The molecule has 0 radical (unpaired) electrons. The van der Waals surface area contributed by atoms with Gasteiger partial charge in [-0.05, 0) is 42.8 Å². The summed E-state index contributed by atoms with van der Waals surface area (Å²) in [6, 6.07) is 11.7. The number of amides is 1. The minimum Gasteiger partial charge on any atom is -0.414 e. The first-order valence-corrected chi connectivity index (χ1v) is 8.53. The van der Waals surface area contributed by atoms with Crippen molar-refractivity contribution in [2.75, 3.05) is 18.4 Å². The average molecular weight is 394 g/mol. The van der Waals surface area contributed by atoms with E-state index in [4.69, 9.17) is 4.74 Å². The molecule has 0 aliphatic carbocycles. The molecule has 128 valence electrons. The predicted molar refractivity (Wildman–Crippen MR) is 96.7 cm³/mol. The van der Waals surface area contributed by atoms with Crippen molar-refractivity contribution in [1.82, 2.24) is 10.2 Å². The monoisotopic (exact) mass is 393 g/mol. The zero-order chi connectivity index (χ0) is 17.6. The molecule has 0 fully saturated rings. The Kier molecular flexibility index (Phi) is 6.28. The van der Waals surface area contributed by atoms with Gasteiger partial charge in [-0.1, -0.05) is 30.3 Å². The highest BCUT2D eigenvalue weighted by Crippen LogP contribution is 2.26. The first-order valence-electron chi connectivity index (χ1n) is 7.74. The Morgan fingerprint density at radius 1 is 1.25 bits per heavy atom. The fourth-order valence-corrected chi connectivity index (χ4v) is 2.36. The second-order valence-corrected chi connectivity index (χ2v) is 7.06. The lowest BCUT2D eigenvalue weighted by Crippen LogP contribution is -2.89. The van der Waals surface area contributed by atoms with E-state index in [1.165, 1.54) is 0 Å². The van der Waals surface area contributed by atoms with E-state index in [1.54, 1.807) is 5.32 Å².